The van der Waals surface area contributed by atoms with Gasteiger partial charge in [0.25, 0.3) is 0 Å². The molecule has 3 rings (SSSR count). The number of hydrogen-bond donors (Lipinski definition) is 2. The van der Waals surface area contributed by atoms with E-state index in [1.54, 1.807) is 6.20 Å². The van der Waals surface area contributed by atoms with Crippen LogP contribution >= 0.6 is 0 Å². The van der Waals surface area contributed by atoms with Crippen molar-refractivity contribution in [2.45, 2.75) is 25.9 Å². The third-order valence-electron chi connectivity index (χ3n) is 3.83. The Hall–Kier alpha value is -2.20. The first-order valence-electron chi connectivity index (χ1n) is 6.72. The lowest BCUT2D eigenvalue weighted by atomic mass is 9.90. The van der Waals surface area contributed by atoms with Crippen LogP contribution in [0, 0.1) is 6.92 Å². The molecule has 1 atom stereocenters. The van der Waals surface area contributed by atoms with Crippen LogP contribution in [0.2, 0.25) is 0 Å². The lowest BCUT2D eigenvalue weighted by Gasteiger charge is -2.25. The maximum atomic E-state index is 12.7. The van der Waals surface area contributed by atoms with Crippen molar-refractivity contribution in [1.82, 2.24) is 10.3 Å². The van der Waals surface area contributed by atoms with Crippen molar-refractivity contribution in [1.29, 1.82) is 0 Å². The van der Waals surface area contributed by atoms with Gasteiger partial charge in [-0.3, -0.25) is 4.79 Å². The number of nitrogens with zero attached hydrogens (tertiary/aromatic N) is 1. The fraction of sp³-hybridized carbons (Fsp3) is 0.250. The molecular weight excluding hydrogens is 250 g/mol. The Kier molecular flexibility index (Phi) is 3.24. The molecule has 0 radical (unpaired) electrons. The highest BCUT2D eigenvalue weighted by Gasteiger charge is 2.27. The molecule has 0 bridgehead atoms. The van der Waals surface area contributed by atoms with Gasteiger partial charge in [0.1, 0.15) is 5.82 Å². The van der Waals surface area contributed by atoms with Crippen LogP contribution in [0.1, 0.15) is 27.0 Å². The summed E-state index contributed by atoms with van der Waals surface area (Å²) in [4.78, 5) is 16.7. The third-order valence-corrected chi connectivity index (χ3v) is 3.83. The monoisotopic (exact) mass is 267 g/mol. The Morgan fingerprint density at radius 1 is 1.30 bits per heavy atom. The average molecular weight is 267 g/mol. The second-order valence-electron chi connectivity index (χ2n) is 5.16. The van der Waals surface area contributed by atoms with E-state index in [0.717, 1.165) is 5.56 Å². The van der Waals surface area contributed by atoms with Gasteiger partial charge < -0.3 is 11.1 Å². The molecule has 0 amide bonds. The second-order valence-corrected chi connectivity index (χ2v) is 5.16. The van der Waals surface area contributed by atoms with E-state index in [0.29, 0.717) is 24.3 Å². The topological polar surface area (TPSA) is 68.0 Å². The number of carbonyl (C=O) groups is 1. The minimum atomic E-state index is -0.227. The fourth-order valence-corrected chi connectivity index (χ4v) is 2.71. The van der Waals surface area contributed by atoms with Gasteiger partial charge in [-0.05, 0) is 36.1 Å². The molecule has 1 aliphatic rings. The first-order valence-corrected chi connectivity index (χ1v) is 6.72. The number of Topliss-reactive ketones (excluding diaryl/α,β-unsaturated/α-hetero) is 1. The molecule has 0 saturated carbocycles. The number of rotatable bonds is 2. The summed E-state index contributed by atoms with van der Waals surface area (Å²) in [6.07, 6.45) is 2.33. The molecule has 1 aromatic heterocycles. The van der Waals surface area contributed by atoms with Crippen LogP contribution in [0.15, 0.2) is 36.5 Å². The molecule has 0 saturated heterocycles. The van der Waals surface area contributed by atoms with Gasteiger partial charge in [-0.2, -0.15) is 0 Å². The van der Waals surface area contributed by atoms with Crippen molar-refractivity contribution in [3.05, 3.63) is 58.8 Å². The summed E-state index contributed by atoms with van der Waals surface area (Å²) in [5, 5.41) is 3.30. The van der Waals surface area contributed by atoms with Crippen LogP contribution < -0.4 is 11.1 Å². The minimum absolute atomic E-state index is 0.0302. The van der Waals surface area contributed by atoms with Crippen molar-refractivity contribution >= 4 is 11.6 Å². The largest absolute Gasteiger partial charge is 0.383 e. The molecule has 0 fully saturated rings. The Morgan fingerprint density at radius 3 is 2.80 bits per heavy atom. The van der Waals surface area contributed by atoms with Crippen LogP contribution in [0.25, 0.3) is 0 Å². The number of nitrogens with one attached hydrogen (secondary N) is 1. The van der Waals surface area contributed by atoms with Gasteiger partial charge in [-0.1, -0.05) is 24.3 Å². The molecule has 1 aromatic carbocycles. The highest BCUT2D eigenvalue weighted by molar-refractivity contribution is 6.05. The SMILES string of the molecule is Cc1ccnc(N)c1C(=O)C1Cc2ccccc2CN1. The number of benzene rings is 1. The second kappa shape index (κ2) is 5.06. The molecule has 102 valence electrons. The summed E-state index contributed by atoms with van der Waals surface area (Å²) >= 11 is 0. The van der Waals surface area contributed by atoms with E-state index in [1.807, 2.05) is 25.1 Å². The van der Waals surface area contributed by atoms with Gasteiger partial charge in [0.15, 0.2) is 5.78 Å². The standard InChI is InChI=1S/C16H17N3O/c1-10-6-7-18-16(17)14(10)15(20)13-8-11-4-2-3-5-12(11)9-19-13/h2-7,13,19H,8-9H2,1H3,(H2,17,18). The number of ketones is 1. The molecule has 1 aliphatic heterocycles. The number of pyridine rings is 1. The smallest absolute Gasteiger partial charge is 0.184 e. The number of nitrogen functional groups attached to an aromatic ring is 1. The van der Waals surface area contributed by atoms with Gasteiger partial charge >= 0.3 is 0 Å². The molecule has 20 heavy (non-hydrogen) atoms. The molecule has 0 spiro atoms. The zero-order valence-electron chi connectivity index (χ0n) is 11.4. The zero-order valence-corrected chi connectivity index (χ0v) is 11.4. The maximum absolute atomic E-state index is 12.7. The van der Waals surface area contributed by atoms with Gasteiger partial charge in [-0.15, -0.1) is 0 Å². The predicted molar refractivity (Wildman–Crippen MR) is 78.5 cm³/mol. The molecular formula is C16H17N3O. The predicted octanol–water partition coefficient (Wildman–Crippen LogP) is 1.87. The van der Waals surface area contributed by atoms with E-state index in [-0.39, 0.29) is 11.8 Å². The summed E-state index contributed by atoms with van der Waals surface area (Å²) in [5.41, 5.74) is 9.77. The lowest BCUT2D eigenvalue weighted by molar-refractivity contribution is 0.0938. The molecule has 4 heteroatoms. The first-order chi connectivity index (χ1) is 9.66. The van der Waals surface area contributed by atoms with Crippen molar-refractivity contribution < 1.29 is 4.79 Å². The van der Waals surface area contributed by atoms with Crippen molar-refractivity contribution in [2.75, 3.05) is 5.73 Å². The number of anilines is 1. The van der Waals surface area contributed by atoms with Gasteiger partial charge in [0, 0.05) is 12.7 Å². The van der Waals surface area contributed by atoms with Crippen LogP contribution in [0.4, 0.5) is 5.82 Å². The average Bonchev–Trinajstić information content (AvgIpc) is 2.46. The van der Waals surface area contributed by atoms with Crippen LogP contribution in [-0.4, -0.2) is 16.8 Å². The van der Waals surface area contributed by atoms with Gasteiger partial charge in [0.05, 0.1) is 11.6 Å². The molecule has 0 aliphatic carbocycles. The maximum Gasteiger partial charge on any atom is 0.184 e. The number of fused-ring (bicyclic) bond motifs is 1. The summed E-state index contributed by atoms with van der Waals surface area (Å²) in [7, 11) is 0. The Labute approximate surface area is 118 Å². The van der Waals surface area contributed by atoms with Crippen LogP contribution in [0.5, 0.6) is 0 Å². The highest BCUT2D eigenvalue weighted by Crippen LogP contribution is 2.21. The first kappa shape index (κ1) is 12.8. The Bertz CT molecular complexity index is 646. The van der Waals surface area contributed by atoms with Gasteiger partial charge in [-0.25, -0.2) is 4.98 Å². The number of aryl methyl sites for hydroxylation is 1. The van der Waals surface area contributed by atoms with Crippen molar-refractivity contribution in [3.63, 3.8) is 0 Å². The van der Waals surface area contributed by atoms with E-state index < -0.39 is 0 Å². The Morgan fingerprint density at radius 2 is 2.05 bits per heavy atom. The normalized spacial score (nSPS) is 17.6. The number of nitrogens with two attached hydrogens (primary N) is 1. The summed E-state index contributed by atoms with van der Waals surface area (Å²) in [6, 6.07) is 9.79. The zero-order chi connectivity index (χ0) is 14.1. The van der Waals surface area contributed by atoms with E-state index in [4.69, 9.17) is 5.73 Å². The highest BCUT2D eigenvalue weighted by atomic mass is 16.1. The van der Waals surface area contributed by atoms with Crippen LogP contribution in [-0.2, 0) is 13.0 Å². The van der Waals surface area contributed by atoms with Gasteiger partial charge in [0.2, 0.25) is 0 Å². The number of carbonyl (C=O) groups excluding carboxylic acids is 1. The lowest BCUT2D eigenvalue weighted by Crippen LogP contribution is -2.42. The summed E-state index contributed by atoms with van der Waals surface area (Å²) in [5.74, 6) is 0.346. The van der Waals surface area contributed by atoms with E-state index in [9.17, 15) is 4.79 Å². The molecule has 1 unspecified atom stereocenters. The van der Waals surface area contributed by atoms with E-state index in [1.165, 1.54) is 11.1 Å². The number of hydrogen-bond acceptors (Lipinski definition) is 4. The molecule has 4 nitrogen and oxygen atoms in total. The van der Waals surface area contributed by atoms with Crippen LogP contribution in [0.3, 0.4) is 0 Å². The van der Waals surface area contributed by atoms with E-state index >= 15 is 0 Å². The quantitative estimate of drug-likeness (QED) is 0.815. The minimum Gasteiger partial charge on any atom is -0.383 e. The summed E-state index contributed by atoms with van der Waals surface area (Å²) in [6.45, 7) is 2.61. The van der Waals surface area contributed by atoms with E-state index in [2.05, 4.69) is 22.4 Å². The van der Waals surface area contributed by atoms with Crippen molar-refractivity contribution in [2.24, 2.45) is 0 Å². The molecule has 2 heterocycles. The summed E-state index contributed by atoms with van der Waals surface area (Å²) < 4.78 is 0. The number of aromatic nitrogens is 1. The fourth-order valence-electron chi connectivity index (χ4n) is 2.71. The Balaban J connectivity index is 1.90. The molecule has 2 aromatic rings. The van der Waals surface area contributed by atoms with Crippen molar-refractivity contribution in [3.8, 4) is 0 Å². The third kappa shape index (κ3) is 2.18. The molecule has 3 N–H and O–H groups in total.